The Hall–Kier alpha value is -0.900. The normalized spacial score (nSPS) is 15.4. The Morgan fingerprint density at radius 1 is 1.50 bits per heavy atom. The minimum absolute atomic E-state index is 0.0695. The van der Waals surface area contributed by atoms with Crippen LogP contribution in [0.2, 0.25) is 0 Å². The summed E-state index contributed by atoms with van der Waals surface area (Å²) in [6.45, 7) is 7.23. The van der Waals surface area contributed by atoms with Gasteiger partial charge in [0, 0.05) is 19.6 Å². The Labute approximate surface area is 85.0 Å². The lowest BCUT2D eigenvalue weighted by molar-refractivity contribution is 0.134. The lowest BCUT2D eigenvalue weighted by Gasteiger charge is -2.24. The average Bonchev–Trinajstić information content (AvgIpc) is 2.65. The number of aliphatic hydroxyl groups is 1. The van der Waals surface area contributed by atoms with Crippen LogP contribution in [-0.4, -0.2) is 26.5 Å². The predicted octanol–water partition coefficient (Wildman–Crippen LogP) is 1.25. The second kappa shape index (κ2) is 4.55. The molecule has 4 nitrogen and oxygen atoms in total. The minimum atomic E-state index is -0.0695. The van der Waals surface area contributed by atoms with E-state index in [2.05, 4.69) is 23.9 Å². The van der Waals surface area contributed by atoms with Gasteiger partial charge >= 0.3 is 0 Å². The summed E-state index contributed by atoms with van der Waals surface area (Å²) in [7, 11) is 0. The summed E-state index contributed by atoms with van der Waals surface area (Å²) >= 11 is 0. The van der Waals surface area contributed by atoms with E-state index in [-0.39, 0.29) is 12.0 Å². The number of rotatable bonds is 5. The van der Waals surface area contributed by atoms with Gasteiger partial charge < -0.3 is 5.11 Å². The van der Waals surface area contributed by atoms with Gasteiger partial charge in [-0.3, -0.25) is 4.68 Å². The van der Waals surface area contributed by atoms with Gasteiger partial charge in [-0.05, 0) is 18.8 Å². The number of aliphatic hydroxyl groups excluding tert-OH is 1. The van der Waals surface area contributed by atoms with Crippen LogP contribution in [0.1, 0.15) is 33.0 Å². The highest BCUT2D eigenvalue weighted by molar-refractivity contribution is 4.91. The van der Waals surface area contributed by atoms with Crippen molar-refractivity contribution in [2.24, 2.45) is 5.41 Å². The Morgan fingerprint density at radius 2 is 2.21 bits per heavy atom. The van der Waals surface area contributed by atoms with Gasteiger partial charge in [0.05, 0.1) is 0 Å². The van der Waals surface area contributed by atoms with E-state index >= 15 is 0 Å². The van der Waals surface area contributed by atoms with E-state index in [0.29, 0.717) is 0 Å². The summed E-state index contributed by atoms with van der Waals surface area (Å²) < 4.78 is 1.88. The number of nitrogens with zero attached hydrogens (tertiary/aromatic N) is 3. The molecule has 0 aliphatic carbocycles. The van der Waals surface area contributed by atoms with Crippen molar-refractivity contribution >= 4 is 0 Å². The van der Waals surface area contributed by atoms with Gasteiger partial charge in [0.2, 0.25) is 0 Å². The van der Waals surface area contributed by atoms with Gasteiger partial charge in [-0.2, -0.15) is 5.10 Å². The number of aromatic nitrogens is 3. The van der Waals surface area contributed by atoms with Crippen LogP contribution in [0.25, 0.3) is 0 Å². The van der Waals surface area contributed by atoms with Crippen molar-refractivity contribution in [3.05, 3.63) is 12.2 Å². The first kappa shape index (κ1) is 11.2. The fourth-order valence-electron chi connectivity index (χ4n) is 1.36. The first-order valence-electron chi connectivity index (χ1n) is 5.12. The van der Waals surface area contributed by atoms with Crippen LogP contribution in [0, 0.1) is 5.41 Å². The Kier molecular flexibility index (Phi) is 3.63. The second-order valence-corrected chi connectivity index (χ2v) is 3.99. The summed E-state index contributed by atoms with van der Waals surface area (Å²) in [6, 6.07) is 0. The topological polar surface area (TPSA) is 50.9 Å². The van der Waals surface area contributed by atoms with Gasteiger partial charge in [-0.1, -0.05) is 13.8 Å². The van der Waals surface area contributed by atoms with E-state index in [0.717, 1.165) is 25.2 Å². The molecule has 0 amide bonds. The molecule has 0 aliphatic heterocycles. The standard InChI is InChI=1S/C10H19N3O/c1-4-10(3,7-14)6-9-11-8-12-13(9)5-2/h8,14H,4-7H2,1-3H3. The zero-order chi connectivity index (χ0) is 10.6. The number of hydrogen-bond donors (Lipinski definition) is 1. The molecule has 1 unspecified atom stereocenters. The molecule has 1 aromatic heterocycles. The van der Waals surface area contributed by atoms with E-state index in [1.807, 2.05) is 11.6 Å². The quantitative estimate of drug-likeness (QED) is 0.773. The Balaban J connectivity index is 2.76. The summed E-state index contributed by atoms with van der Waals surface area (Å²) in [5.41, 5.74) is -0.0695. The zero-order valence-electron chi connectivity index (χ0n) is 9.19. The highest BCUT2D eigenvalue weighted by Gasteiger charge is 2.23. The maximum Gasteiger partial charge on any atom is 0.138 e. The van der Waals surface area contributed by atoms with Crippen molar-refractivity contribution in [2.45, 2.75) is 40.2 Å². The third-order valence-corrected chi connectivity index (χ3v) is 2.82. The van der Waals surface area contributed by atoms with Crippen LogP contribution < -0.4 is 0 Å². The SMILES string of the molecule is CCn1ncnc1CC(C)(CC)CO. The third-order valence-electron chi connectivity index (χ3n) is 2.82. The molecule has 1 N–H and O–H groups in total. The van der Waals surface area contributed by atoms with Crippen molar-refractivity contribution in [1.82, 2.24) is 14.8 Å². The zero-order valence-corrected chi connectivity index (χ0v) is 9.19. The molecule has 14 heavy (non-hydrogen) atoms. The monoisotopic (exact) mass is 197 g/mol. The summed E-state index contributed by atoms with van der Waals surface area (Å²) in [5.74, 6) is 0.964. The maximum absolute atomic E-state index is 9.29. The molecule has 80 valence electrons. The average molecular weight is 197 g/mol. The molecular weight excluding hydrogens is 178 g/mol. The van der Waals surface area contributed by atoms with Crippen LogP contribution in [0.4, 0.5) is 0 Å². The van der Waals surface area contributed by atoms with Crippen molar-refractivity contribution in [2.75, 3.05) is 6.61 Å². The molecule has 1 rings (SSSR count). The molecule has 0 saturated heterocycles. The van der Waals surface area contributed by atoms with Gasteiger partial charge in [0.1, 0.15) is 12.2 Å². The van der Waals surface area contributed by atoms with Gasteiger partial charge in [0.25, 0.3) is 0 Å². The highest BCUT2D eigenvalue weighted by atomic mass is 16.3. The van der Waals surface area contributed by atoms with E-state index in [9.17, 15) is 5.11 Å². The summed E-state index contributed by atoms with van der Waals surface area (Å²) in [6.07, 6.45) is 3.31. The molecule has 0 aromatic carbocycles. The fourth-order valence-corrected chi connectivity index (χ4v) is 1.36. The molecule has 0 spiro atoms. The van der Waals surface area contributed by atoms with Crippen molar-refractivity contribution in [3.63, 3.8) is 0 Å². The van der Waals surface area contributed by atoms with E-state index in [4.69, 9.17) is 0 Å². The van der Waals surface area contributed by atoms with Crippen LogP contribution in [0.5, 0.6) is 0 Å². The lowest BCUT2D eigenvalue weighted by Crippen LogP contribution is -2.25. The Bertz CT molecular complexity index is 279. The molecule has 0 aliphatic rings. The molecule has 1 aromatic rings. The molecule has 0 radical (unpaired) electrons. The maximum atomic E-state index is 9.29. The summed E-state index contributed by atoms with van der Waals surface area (Å²) in [5, 5.41) is 13.4. The third kappa shape index (κ3) is 2.32. The Morgan fingerprint density at radius 3 is 2.71 bits per heavy atom. The lowest BCUT2D eigenvalue weighted by atomic mass is 9.85. The predicted molar refractivity (Wildman–Crippen MR) is 54.9 cm³/mol. The van der Waals surface area contributed by atoms with Crippen molar-refractivity contribution < 1.29 is 5.11 Å². The first-order valence-corrected chi connectivity index (χ1v) is 5.12. The molecule has 1 atom stereocenters. The largest absolute Gasteiger partial charge is 0.396 e. The molecule has 4 heteroatoms. The van der Waals surface area contributed by atoms with Crippen LogP contribution in [0.15, 0.2) is 6.33 Å². The van der Waals surface area contributed by atoms with Gasteiger partial charge in [0.15, 0.2) is 0 Å². The molecule has 0 saturated carbocycles. The summed E-state index contributed by atoms with van der Waals surface area (Å²) in [4.78, 5) is 4.21. The van der Waals surface area contributed by atoms with E-state index in [1.165, 1.54) is 0 Å². The van der Waals surface area contributed by atoms with E-state index in [1.54, 1.807) is 6.33 Å². The minimum Gasteiger partial charge on any atom is -0.396 e. The van der Waals surface area contributed by atoms with Gasteiger partial charge in [-0.25, -0.2) is 4.98 Å². The van der Waals surface area contributed by atoms with Gasteiger partial charge in [-0.15, -0.1) is 0 Å². The van der Waals surface area contributed by atoms with Crippen molar-refractivity contribution in [1.29, 1.82) is 0 Å². The molecule has 1 heterocycles. The number of aryl methyl sites for hydroxylation is 1. The molecular formula is C10H19N3O. The smallest absolute Gasteiger partial charge is 0.138 e. The second-order valence-electron chi connectivity index (χ2n) is 3.99. The fraction of sp³-hybridized carbons (Fsp3) is 0.800. The molecule has 0 fully saturated rings. The highest BCUT2D eigenvalue weighted by Crippen LogP contribution is 2.24. The molecule has 0 bridgehead atoms. The van der Waals surface area contributed by atoms with Crippen LogP contribution in [0.3, 0.4) is 0 Å². The number of hydrogen-bond acceptors (Lipinski definition) is 3. The van der Waals surface area contributed by atoms with E-state index < -0.39 is 0 Å². The van der Waals surface area contributed by atoms with Crippen LogP contribution >= 0.6 is 0 Å². The van der Waals surface area contributed by atoms with Crippen LogP contribution in [-0.2, 0) is 13.0 Å². The van der Waals surface area contributed by atoms with Crippen molar-refractivity contribution in [3.8, 4) is 0 Å². The first-order chi connectivity index (χ1) is 6.65.